The van der Waals surface area contributed by atoms with Crippen LogP contribution in [0.3, 0.4) is 0 Å². The Bertz CT molecular complexity index is 1010. The molecule has 0 unspecified atom stereocenters. The maximum absolute atomic E-state index is 13.1. The van der Waals surface area contributed by atoms with Crippen LogP contribution in [0, 0.1) is 18.3 Å². The Kier molecular flexibility index (Phi) is 5.99. The number of ether oxygens (including phenoxy) is 1. The van der Waals surface area contributed by atoms with E-state index in [1.54, 1.807) is 20.0 Å². The van der Waals surface area contributed by atoms with Crippen molar-refractivity contribution in [1.82, 2.24) is 9.97 Å². The van der Waals surface area contributed by atoms with Gasteiger partial charge >= 0.3 is 5.97 Å². The second-order valence-electron chi connectivity index (χ2n) is 9.62. The van der Waals surface area contributed by atoms with Crippen molar-refractivity contribution in [1.29, 1.82) is 5.26 Å². The largest absolute Gasteiger partial charge is 0.459 e. The van der Waals surface area contributed by atoms with Crippen LogP contribution in [-0.2, 0) is 27.8 Å². The van der Waals surface area contributed by atoms with Gasteiger partial charge in [0.1, 0.15) is 17.1 Å². The van der Waals surface area contributed by atoms with Crippen LogP contribution in [0.25, 0.3) is 11.1 Å². The predicted molar refractivity (Wildman–Crippen MR) is 117 cm³/mol. The fourth-order valence-corrected chi connectivity index (χ4v) is 4.00. The van der Waals surface area contributed by atoms with Gasteiger partial charge in [-0.15, -0.1) is 0 Å². The highest BCUT2D eigenvalue weighted by Gasteiger charge is 2.39. The number of esters is 1. The first-order chi connectivity index (χ1) is 14.0. The van der Waals surface area contributed by atoms with Gasteiger partial charge in [0.15, 0.2) is 0 Å². The van der Waals surface area contributed by atoms with Crippen molar-refractivity contribution in [2.45, 2.75) is 84.7 Å². The number of hydrogen-bond donors (Lipinski definition) is 0. The van der Waals surface area contributed by atoms with Gasteiger partial charge in [-0.1, -0.05) is 6.42 Å². The molecule has 0 saturated heterocycles. The average molecular weight is 406 g/mol. The lowest BCUT2D eigenvalue weighted by atomic mass is 9.81. The quantitative estimate of drug-likeness (QED) is 0.517. The molecule has 2 aromatic heterocycles. The van der Waals surface area contributed by atoms with Crippen LogP contribution >= 0.6 is 0 Å². The summed E-state index contributed by atoms with van der Waals surface area (Å²) in [6.07, 6.45) is 6.79. The molecule has 0 atom stereocenters. The summed E-state index contributed by atoms with van der Waals surface area (Å²) in [4.78, 5) is 22.4. The molecule has 1 aliphatic carbocycles. The predicted octanol–water partition coefficient (Wildman–Crippen LogP) is 5.21. The van der Waals surface area contributed by atoms with Crippen molar-refractivity contribution < 1.29 is 9.53 Å². The molecule has 0 aromatic carbocycles. The minimum atomic E-state index is -1.05. The lowest BCUT2D eigenvalue weighted by molar-refractivity contribution is -0.161. The molecular formula is C25H31N3O2. The minimum absolute atomic E-state index is 0.371. The van der Waals surface area contributed by atoms with Crippen molar-refractivity contribution in [2.24, 2.45) is 0 Å². The molecule has 0 radical (unpaired) electrons. The second kappa shape index (κ2) is 8.18. The van der Waals surface area contributed by atoms with E-state index >= 15 is 0 Å². The number of rotatable bonds is 3. The fraction of sp³-hybridized carbons (Fsp3) is 0.520. The summed E-state index contributed by atoms with van der Waals surface area (Å²) in [5.74, 6) is -0.371. The molecular weight excluding hydrogens is 374 g/mol. The van der Waals surface area contributed by atoms with E-state index in [1.807, 2.05) is 39.8 Å². The molecule has 2 aromatic rings. The Morgan fingerprint density at radius 3 is 2.47 bits per heavy atom. The highest BCUT2D eigenvalue weighted by Crippen LogP contribution is 2.39. The third kappa shape index (κ3) is 4.38. The molecule has 0 spiro atoms. The number of carbonyl (C=O) groups is 1. The molecule has 0 fully saturated rings. The zero-order valence-electron chi connectivity index (χ0n) is 18.9. The summed E-state index contributed by atoms with van der Waals surface area (Å²) in [6.45, 7) is 11.1. The van der Waals surface area contributed by atoms with Crippen molar-refractivity contribution in [3.8, 4) is 17.2 Å². The molecule has 0 bridgehead atoms. The molecule has 3 rings (SSSR count). The van der Waals surface area contributed by atoms with Crippen LogP contribution in [0.1, 0.15) is 82.1 Å². The molecule has 5 heteroatoms. The fourth-order valence-electron chi connectivity index (χ4n) is 4.00. The Hall–Kier alpha value is -2.74. The molecule has 30 heavy (non-hydrogen) atoms. The van der Waals surface area contributed by atoms with Gasteiger partial charge in [-0.2, -0.15) is 5.26 Å². The first-order valence-electron chi connectivity index (χ1n) is 10.7. The van der Waals surface area contributed by atoms with Gasteiger partial charge in [-0.05, 0) is 90.5 Å². The van der Waals surface area contributed by atoms with Gasteiger partial charge in [-0.3, -0.25) is 14.8 Å². The number of aryl methyl sites for hydroxylation is 2. The Morgan fingerprint density at radius 1 is 1.13 bits per heavy atom. The molecule has 0 N–H and O–H groups in total. The van der Waals surface area contributed by atoms with E-state index in [9.17, 15) is 10.1 Å². The summed E-state index contributed by atoms with van der Waals surface area (Å²) < 4.78 is 5.69. The van der Waals surface area contributed by atoms with Crippen molar-refractivity contribution in [3.05, 3.63) is 46.5 Å². The highest BCUT2D eigenvalue weighted by atomic mass is 16.6. The number of fused-ring (bicyclic) bond motifs is 1. The smallest absolute Gasteiger partial charge is 0.318 e. The van der Waals surface area contributed by atoms with Gasteiger partial charge in [0.25, 0.3) is 0 Å². The van der Waals surface area contributed by atoms with Crippen LogP contribution in [-0.4, -0.2) is 21.5 Å². The third-order valence-corrected chi connectivity index (χ3v) is 5.52. The topological polar surface area (TPSA) is 75.9 Å². The summed E-state index contributed by atoms with van der Waals surface area (Å²) in [5, 5.41) is 10.2. The summed E-state index contributed by atoms with van der Waals surface area (Å²) in [5.41, 5.74) is 4.21. The number of nitriles is 1. The summed E-state index contributed by atoms with van der Waals surface area (Å²) in [7, 11) is 0. The number of aromatic nitrogens is 2. The normalized spacial score (nSPS) is 14.4. The van der Waals surface area contributed by atoms with E-state index in [2.05, 4.69) is 11.1 Å². The SMILES string of the molecule is Cc1cc(-c2c(C#N)c(C(C)(C)C(=O)OC(C)(C)C)nc3c2CCCCC3)ccn1. The lowest BCUT2D eigenvalue weighted by Crippen LogP contribution is -2.38. The van der Waals surface area contributed by atoms with Crippen LogP contribution in [0.2, 0.25) is 0 Å². The van der Waals surface area contributed by atoms with Gasteiger partial charge < -0.3 is 4.74 Å². The molecule has 1 aliphatic rings. The summed E-state index contributed by atoms with van der Waals surface area (Å²) in [6, 6.07) is 6.33. The van der Waals surface area contributed by atoms with Crippen LogP contribution < -0.4 is 0 Å². The van der Waals surface area contributed by atoms with E-state index in [0.29, 0.717) is 11.3 Å². The third-order valence-electron chi connectivity index (χ3n) is 5.52. The zero-order valence-corrected chi connectivity index (χ0v) is 18.9. The average Bonchev–Trinajstić information content (AvgIpc) is 2.90. The van der Waals surface area contributed by atoms with E-state index in [0.717, 1.165) is 60.2 Å². The molecule has 0 aliphatic heterocycles. The monoisotopic (exact) mass is 405 g/mol. The molecule has 5 nitrogen and oxygen atoms in total. The summed E-state index contributed by atoms with van der Waals surface area (Å²) >= 11 is 0. The second-order valence-corrected chi connectivity index (χ2v) is 9.62. The van der Waals surface area contributed by atoms with Gasteiger partial charge in [0.2, 0.25) is 0 Å². The number of carbonyl (C=O) groups excluding carboxylic acids is 1. The standard InChI is InChI=1S/C25H31N3O2/c1-16-14-17(12-13-27-16)21-18-10-8-7-9-11-20(18)28-22(19(21)15-26)25(5,6)23(29)30-24(2,3)4/h12-14H,7-11H2,1-6H3. The van der Waals surface area contributed by atoms with Crippen LogP contribution in [0.15, 0.2) is 18.3 Å². The van der Waals surface area contributed by atoms with E-state index in [4.69, 9.17) is 9.72 Å². The van der Waals surface area contributed by atoms with Crippen LogP contribution in [0.4, 0.5) is 0 Å². The van der Waals surface area contributed by atoms with Crippen molar-refractivity contribution in [2.75, 3.05) is 0 Å². The van der Waals surface area contributed by atoms with Gasteiger partial charge in [0.05, 0.1) is 11.3 Å². The minimum Gasteiger partial charge on any atom is -0.459 e. The first kappa shape index (κ1) is 22.0. The van der Waals surface area contributed by atoms with E-state index in [1.165, 1.54) is 0 Å². The highest BCUT2D eigenvalue weighted by molar-refractivity contribution is 5.85. The van der Waals surface area contributed by atoms with Crippen molar-refractivity contribution >= 4 is 5.97 Å². The van der Waals surface area contributed by atoms with Gasteiger partial charge in [-0.25, -0.2) is 0 Å². The van der Waals surface area contributed by atoms with E-state index < -0.39 is 11.0 Å². The molecule has 2 heterocycles. The van der Waals surface area contributed by atoms with Gasteiger partial charge in [0, 0.05) is 23.1 Å². The van der Waals surface area contributed by atoms with Crippen molar-refractivity contribution in [3.63, 3.8) is 0 Å². The van der Waals surface area contributed by atoms with E-state index in [-0.39, 0.29) is 5.97 Å². The van der Waals surface area contributed by atoms with Crippen LogP contribution in [0.5, 0.6) is 0 Å². The maximum Gasteiger partial charge on any atom is 0.318 e. The number of pyridine rings is 2. The Morgan fingerprint density at radius 2 is 1.83 bits per heavy atom. The number of nitrogens with zero attached hydrogens (tertiary/aromatic N) is 3. The zero-order chi connectivity index (χ0) is 22.1. The number of hydrogen-bond acceptors (Lipinski definition) is 5. The molecule has 0 amide bonds. The lowest BCUT2D eigenvalue weighted by Gasteiger charge is -2.30. The Labute approximate surface area is 179 Å². The Balaban J connectivity index is 2.30. The molecule has 158 valence electrons. The maximum atomic E-state index is 13.1. The molecule has 0 saturated carbocycles. The first-order valence-corrected chi connectivity index (χ1v) is 10.7.